The molecule has 3 aromatic rings. The Labute approximate surface area is 194 Å². The predicted molar refractivity (Wildman–Crippen MR) is 135 cm³/mol. The van der Waals surface area contributed by atoms with Crippen molar-refractivity contribution in [2.45, 2.75) is 33.1 Å². The molecule has 170 valence electrons. The topological polar surface area (TPSA) is 86.3 Å². The van der Waals surface area contributed by atoms with Crippen LogP contribution in [0.15, 0.2) is 59.4 Å². The first kappa shape index (κ1) is 22.6. The molecule has 0 aliphatic carbocycles. The predicted octanol–water partition coefficient (Wildman–Crippen LogP) is 4.99. The molecule has 1 aliphatic heterocycles. The van der Waals surface area contributed by atoms with Gasteiger partial charge in [-0.2, -0.15) is 5.10 Å². The van der Waals surface area contributed by atoms with Gasteiger partial charge in [-0.15, -0.1) is 0 Å². The van der Waals surface area contributed by atoms with Crippen LogP contribution in [0.3, 0.4) is 0 Å². The van der Waals surface area contributed by atoms with E-state index in [1.807, 2.05) is 43.5 Å². The Kier molecular flexibility index (Phi) is 7.10. The molecule has 2 N–H and O–H groups in total. The fourth-order valence-electron chi connectivity index (χ4n) is 4.14. The number of hydrogen-bond acceptors (Lipinski definition) is 5. The number of H-pyrrole nitrogens is 1. The van der Waals surface area contributed by atoms with Crippen molar-refractivity contribution in [3.8, 4) is 0 Å². The number of aromatic nitrogens is 3. The summed E-state index contributed by atoms with van der Waals surface area (Å²) in [7, 11) is 0. The lowest BCUT2D eigenvalue weighted by Gasteiger charge is -2.26. The van der Waals surface area contributed by atoms with Crippen molar-refractivity contribution >= 4 is 34.8 Å². The van der Waals surface area contributed by atoms with Gasteiger partial charge in [0.05, 0.1) is 17.4 Å². The second-order valence-electron chi connectivity index (χ2n) is 8.53. The van der Waals surface area contributed by atoms with Crippen molar-refractivity contribution in [2.75, 3.05) is 25.0 Å². The van der Waals surface area contributed by atoms with Crippen molar-refractivity contribution in [1.82, 2.24) is 20.1 Å². The van der Waals surface area contributed by atoms with E-state index in [4.69, 9.17) is 0 Å². The number of carbonyl (C=O) groups excluding carboxylic acids is 1. The molecular formula is C26H30N6O. The number of allylic oxidation sites excluding steroid dienone is 1. The number of benzene rings is 1. The Bertz CT molecular complexity index is 1200. The van der Waals surface area contributed by atoms with Gasteiger partial charge < -0.3 is 5.32 Å². The number of hydrogen-bond donors (Lipinski definition) is 2. The van der Waals surface area contributed by atoms with Crippen molar-refractivity contribution in [1.29, 1.82) is 0 Å². The van der Waals surface area contributed by atoms with E-state index in [0.29, 0.717) is 11.4 Å². The minimum absolute atomic E-state index is 0.271. The van der Waals surface area contributed by atoms with Gasteiger partial charge in [-0.3, -0.25) is 24.8 Å². The van der Waals surface area contributed by atoms with Gasteiger partial charge in [0.25, 0.3) is 5.91 Å². The Balaban J connectivity index is 1.57. The fourth-order valence-corrected chi connectivity index (χ4v) is 4.14. The van der Waals surface area contributed by atoms with Crippen LogP contribution in [0.5, 0.6) is 0 Å². The zero-order valence-electron chi connectivity index (χ0n) is 19.3. The van der Waals surface area contributed by atoms with Crippen LogP contribution in [0.25, 0.3) is 16.5 Å². The Morgan fingerprint density at radius 3 is 2.79 bits per heavy atom. The molecule has 1 aromatic carbocycles. The van der Waals surface area contributed by atoms with Crippen LogP contribution >= 0.6 is 0 Å². The van der Waals surface area contributed by atoms with E-state index in [1.54, 1.807) is 6.20 Å². The van der Waals surface area contributed by atoms with E-state index in [1.165, 1.54) is 19.3 Å². The molecule has 1 fully saturated rings. The normalized spacial score (nSPS) is 15.6. The lowest BCUT2D eigenvalue weighted by molar-refractivity contribution is 0.102. The number of nitrogens with one attached hydrogen (secondary N) is 2. The minimum atomic E-state index is -0.271. The fraction of sp³-hybridized carbons (Fsp3) is 0.308. The van der Waals surface area contributed by atoms with Crippen LogP contribution in [0.1, 0.15) is 47.9 Å². The molecule has 1 amide bonds. The number of amides is 1. The van der Waals surface area contributed by atoms with Gasteiger partial charge in [-0.25, -0.2) is 0 Å². The highest BCUT2D eigenvalue weighted by Crippen LogP contribution is 2.24. The van der Waals surface area contributed by atoms with Crippen LogP contribution in [0.4, 0.5) is 5.69 Å². The highest BCUT2D eigenvalue weighted by Gasteiger charge is 2.16. The van der Waals surface area contributed by atoms with Crippen molar-refractivity contribution in [3.05, 3.63) is 71.3 Å². The first-order valence-corrected chi connectivity index (χ1v) is 11.3. The zero-order chi connectivity index (χ0) is 23.2. The molecule has 3 heterocycles. The summed E-state index contributed by atoms with van der Waals surface area (Å²) in [5.41, 5.74) is 5.96. The van der Waals surface area contributed by atoms with E-state index in [2.05, 4.69) is 50.1 Å². The molecule has 0 spiro atoms. The molecule has 33 heavy (non-hydrogen) atoms. The third-order valence-corrected chi connectivity index (χ3v) is 5.92. The minimum Gasteiger partial charge on any atom is -0.319 e. The number of aliphatic imine (C=N–C) groups is 1. The number of fused-ring (bicyclic) bond motifs is 1. The monoisotopic (exact) mass is 442 g/mol. The molecule has 0 saturated carbocycles. The maximum Gasteiger partial charge on any atom is 0.276 e. The second-order valence-corrected chi connectivity index (χ2v) is 8.53. The van der Waals surface area contributed by atoms with Crippen molar-refractivity contribution in [2.24, 2.45) is 4.99 Å². The summed E-state index contributed by atoms with van der Waals surface area (Å²) in [4.78, 5) is 23.6. The highest BCUT2D eigenvalue weighted by molar-refractivity contribution is 6.11. The summed E-state index contributed by atoms with van der Waals surface area (Å²) < 4.78 is 0. The summed E-state index contributed by atoms with van der Waals surface area (Å²) in [6.45, 7) is 10.7. The lowest BCUT2D eigenvalue weighted by atomic mass is 10.0. The maximum absolute atomic E-state index is 12.9. The van der Waals surface area contributed by atoms with Gasteiger partial charge in [0, 0.05) is 23.8 Å². The number of likely N-dealkylation sites (tertiary alicyclic amines) is 1. The smallest absolute Gasteiger partial charge is 0.276 e. The lowest BCUT2D eigenvalue weighted by Crippen LogP contribution is -2.31. The van der Waals surface area contributed by atoms with E-state index < -0.39 is 0 Å². The molecule has 2 aromatic heterocycles. The average Bonchev–Trinajstić information content (AvgIpc) is 3.25. The van der Waals surface area contributed by atoms with Crippen molar-refractivity contribution in [3.63, 3.8) is 0 Å². The van der Waals surface area contributed by atoms with E-state index in [0.717, 1.165) is 52.9 Å². The number of pyridine rings is 1. The molecule has 4 rings (SSSR count). The Morgan fingerprint density at radius 1 is 1.24 bits per heavy atom. The highest BCUT2D eigenvalue weighted by atomic mass is 16.1. The maximum atomic E-state index is 12.9. The first-order valence-electron chi connectivity index (χ1n) is 11.3. The van der Waals surface area contributed by atoms with Crippen molar-refractivity contribution < 1.29 is 4.79 Å². The summed E-state index contributed by atoms with van der Waals surface area (Å²) >= 11 is 0. The molecule has 1 saturated heterocycles. The van der Waals surface area contributed by atoms with Gasteiger partial charge in [0.1, 0.15) is 0 Å². The molecule has 0 bridgehead atoms. The van der Waals surface area contributed by atoms with Gasteiger partial charge in [0.2, 0.25) is 0 Å². The summed E-state index contributed by atoms with van der Waals surface area (Å²) in [6, 6.07) is 9.69. The van der Waals surface area contributed by atoms with Gasteiger partial charge in [0.15, 0.2) is 5.69 Å². The van der Waals surface area contributed by atoms with Crippen LogP contribution < -0.4 is 5.32 Å². The second kappa shape index (κ2) is 10.4. The number of piperidine rings is 1. The van der Waals surface area contributed by atoms with Crippen LogP contribution in [-0.2, 0) is 0 Å². The number of rotatable bonds is 7. The molecule has 0 unspecified atom stereocenters. The molecule has 7 nitrogen and oxygen atoms in total. The number of aromatic amines is 1. The molecule has 1 aliphatic rings. The van der Waals surface area contributed by atoms with E-state index in [9.17, 15) is 4.79 Å². The first-order chi connectivity index (χ1) is 16.0. The average molecular weight is 443 g/mol. The summed E-state index contributed by atoms with van der Waals surface area (Å²) in [5, 5.41) is 10.9. The van der Waals surface area contributed by atoms with E-state index in [-0.39, 0.29) is 5.91 Å². The molecule has 7 heteroatoms. The van der Waals surface area contributed by atoms with E-state index >= 15 is 0 Å². The standard InChI is InChI=1S/C26H30N6O/c1-18(13-20(15-27-3)17-32-11-5-4-6-12-32)21-8-10-24-23(14-21)25(31-30-24)26(33)29-22-9-7-19(2)28-16-22/h7-10,13-16H,3-6,11-12,17H2,1-2H3,(H,29,33)(H,30,31)/b18-13+,20-15+. The Hall–Kier alpha value is -3.58. The van der Waals surface area contributed by atoms with Crippen LogP contribution in [0, 0.1) is 6.92 Å². The molecule has 0 radical (unpaired) electrons. The van der Waals surface area contributed by atoms with Crippen LogP contribution in [0.2, 0.25) is 0 Å². The zero-order valence-corrected chi connectivity index (χ0v) is 19.3. The molecular weight excluding hydrogens is 412 g/mol. The third-order valence-electron chi connectivity index (χ3n) is 5.92. The van der Waals surface area contributed by atoms with Gasteiger partial charge >= 0.3 is 0 Å². The number of anilines is 1. The number of carbonyl (C=O) groups is 1. The third kappa shape index (κ3) is 5.62. The summed E-state index contributed by atoms with van der Waals surface area (Å²) in [5.74, 6) is -0.271. The quantitative estimate of drug-likeness (QED) is 0.399. The molecule has 0 atom stereocenters. The number of aryl methyl sites for hydroxylation is 1. The van der Waals surface area contributed by atoms with Crippen LogP contribution in [-0.4, -0.2) is 52.3 Å². The van der Waals surface area contributed by atoms with Gasteiger partial charge in [-0.1, -0.05) is 18.6 Å². The Morgan fingerprint density at radius 2 is 2.06 bits per heavy atom. The van der Waals surface area contributed by atoms with Gasteiger partial charge in [-0.05, 0) is 87.5 Å². The summed E-state index contributed by atoms with van der Waals surface area (Å²) in [6.07, 6.45) is 9.44. The number of nitrogens with zero attached hydrogens (tertiary/aromatic N) is 4. The largest absolute Gasteiger partial charge is 0.319 e. The SMILES string of the molecule is C=N/C=C(\C=C(/C)c1ccc2[nH]nc(C(=O)Nc3ccc(C)nc3)c2c1)CN1CCCCC1.